The van der Waals surface area contributed by atoms with Crippen LogP contribution in [0.15, 0.2) is 54.6 Å². The smallest absolute Gasteiger partial charge is 0.115 e. The topological polar surface area (TPSA) is 23.5 Å². The summed E-state index contributed by atoms with van der Waals surface area (Å²) in [7, 11) is 0. The number of phenols is 1. The molecule has 2 rings (SSSR count). The van der Waals surface area contributed by atoms with Gasteiger partial charge in [-0.05, 0) is 36.8 Å². The number of anilines is 1. The van der Waals surface area contributed by atoms with Crippen molar-refractivity contribution < 1.29 is 5.11 Å². The van der Waals surface area contributed by atoms with Crippen LogP contribution in [-0.4, -0.2) is 11.7 Å². The third-order valence-corrected chi connectivity index (χ3v) is 2.81. The van der Waals surface area contributed by atoms with Crippen molar-refractivity contribution >= 4 is 5.69 Å². The zero-order valence-electron chi connectivity index (χ0n) is 10.0. The van der Waals surface area contributed by atoms with Gasteiger partial charge in [0.1, 0.15) is 5.75 Å². The molecule has 0 bridgehead atoms. The third-order valence-electron chi connectivity index (χ3n) is 2.81. The molecule has 88 valence electrons. The van der Waals surface area contributed by atoms with Gasteiger partial charge in [0.25, 0.3) is 0 Å². The molecule has 0 unspecified atom stereocenters. The number of benzene rings is 2. The van der Waals surface area contributed by atoms with E-state index in [9.17, 15) is 5.11 Å². The third kappa shape index (κ3) is 3.00. The second-order valence-corrected chi connectivity index (χ2v) is 4.02. The maximum atomic E-state index is 9.25. The predicted molar refractivity (Wildman–Crippen MR) is 71.3 cm³/mol. The minimum Gasteiger partial charge on any atom is -0.508 e. The fourth-order valence-electron chi connectivity index (χ4n) is 1.85. The predicted octanol–water partition coefficient (Wildman–Crippen LogP) is 3.42. The van der Waals surface area contributed by atoms with Gasteiger partial charge < -0.3 is 10.0 Å². The Bertz CT molecular complexity index is 450. The molecule has 0 spiro atoms. The van der Waals surface area contributed by atoms with E-state index >= 15 is 0 Å². The molecule has 2 aromatic carbocycles. The van der Waals surface area contributed by atoms with Crippen molar-refractivity contribution in [1.82, 2.24) is 0 Å². The van der Waals surface area contributed by atoms with E-state index in [1.54, 1.807) is 12.1 Å². The molecule has 2 heteroatoms. The Morgan fingerprint density at radius 1 is 0.941 bits per heavy atom. The zero-order valence-corrected chi connectivity index (χ0v) is 10.0. The van der Waals surface area contributed by atoms with E-state index < -0.39 is 0 Å². The Morgan fingerprint density at radius 3 is 2.18 bits per heavy atom. The molecule has 2 aromatic rings. The van der Waals surface area contributed by atoms with Crippen LogP contribution in [0.2, 0.25) is 0 Å². The molecule has 17 heavy (non-hydrogen) atoms. The first kappa shape index (κ1) is 11.5. The van der Waals surface area contributed by atoms with Crippen molar-refractivity contribution in [2.75, 3.05) is 11.4 Å². The Balaban J connectivity index is 2.13. The molecule has 0 saturated carbocycles. The number of rotatable bonds is 4. The van der Waals surface area contributed by atoms with Gasteiger partial charge in [-0.2, -0.15) is 0 Å². The largest absolute Gasteiger partial charge is 0.508 e. The summed E-state index contributed by atoms with van der Waals surface area (Å²) in [5.74, 6) is 0.316. The van der Waals surface area contributed by atoms with Crippen molar-refractivity contribution in [1.29, 1.82) is 0 Å². The number of para-hydroxylation sites is 1. The second-order valence-electron chi connectivity index (χ2n) is 4.02. The molecule has 0 amide bonds. The molecule has 0 aliphatic carbocycles. The van der Waals surface area contributed by atoms with Gasteiger partial charge in [-0.1, -0.05) is 30.3 Å². The van der Waals surface area contributed by atoms with Crippen molar-refractivity contribution in [3.05, 3.63) is 60.2 Å². The fourth-order valence-corrected chi connectivity index (χ4v) is 1.85. The lowest BCUT2D eigenvalue weighted by Gasteiger charge is -2.23. The van der Waals surface area contributed by atoms with E-state index in [4.69, 9.17) is 0 Å². The van der Waals surface area contributed by atoms with Crippen molar-refractivity contribution in [2.45, 2.75) is 13.5 Å². The van der Waals surface area contributed by atoms with Gasteiger partial charge in [0, 0.05) is 18.8 Å². The molecule has 0 fully saturated rings. The highest BCUT2D eigenvalue weighted by Crippen LogP contribution is 2.17. The Labute approximate surface area is 102 Å². The van der Waals surface area contributed by atoms with Gasteiger partial charge in [0.2, 0.25) is 0 Å². The molecule has 0 saturated heterocycles. The second kappa shape index (κ2) is 5.39. The normalized spacial score (nSPS) is 10.2. The van der Waals surface area contributed by atoms with Gasteiger partial charge in [-0.25, -0.2) is 0 Å². The molecule has 0 aromatic heterocycles. The van der Waals surface area contributed by atoms with E-state index in [-0.39, 0.29) is 0 Å². The van der Waals surface area contributed by atoms with Crippen LogP contribution < -0.4 is 4.90 Å². The van der Waals surface area contributed by atoms with E-state index in [1.807, 2.05) is 18.2 Å². The molecule has 2 nitrogen and oxygen atoms in total. The average molecular weight is 227 g/mol. The highest BCUT2D eigenvalue weighted by molar-refractivity contribution is 5.46. The first-order chi connectivity index (χ1) is 8.29. The summed E-state index contributed by atoms with van der Waals surface area (Å²) in [5.41, 5.74) is 2.43. The molecular formula is C15H17NO. The quantitative estimate of drug-likeness (QED) is 0.865. The van der Waals surface area contributed by atoms with Gasteiger partial charge in [0.15, 0.2) is 0 Å². The lowest BCUT2D eigenvalue weighted by atomic mass is 10.2. The van der Waals surface area contributed by atoms with Gasteiger partial charge in [-0.3, -0.25) is 0 Å². The maximum absolute atomic E-state index is 9.25. The molecule has 0 aliphatic rings. The molecule has 0 aliphatic heterocycles. The summed E-state index contributed by atoms with van der Waals surface area (Å²) in [4.78, 5) is 2.30. The minimum atomic E-state index is 0.316. The van der Waals surface area contributed by atoms with Crippen LogP contribution in [-0.2, 0) is 6.54 Å². The van der Waals surface area contributed by atoms with E-state index in [2.05, 4.69) is 36.1 Å². The maximum Gasteiger partial charge on any atom is 0.115 e. The summed E-state index contributed by atoms with van der Waals surface area (Å²) in [6.45, 7) is 3.97. The Hall–Kier alpha value is -1.96. The molecule has 0 heterocycles. The summed E-state index contributed by atoms with van der Waals surface area (Å²) in [6.07, 6.45) is 0. The van der Waals surface area contributed by atoms with E-state index in [0.29, 0.717) is 5.75 Å². The van der Waals surface area contributed by atoms with Crippen LogP contribution in [0.25, 0.3) is 0 Å². The van der Waals surface area contributed by atoms with Crippen LogP contribution in [0, 0.1) is 0 Å². The summed E-state index contributed by atoms with van der Waals surface area (Å²) in [6, 6.07) is 17.7. The minimum absolute atomic E-state index is 0.316. The van der Waals surface area contributed by atoms with E-state index in [1.165, 1.54) is 11.3 Å². The van der Waals surface area contributed by atoms with Gasteiger partial charge in [0.05, 0.1) is 0 Å². The van der Waals surface area contributed by atoms with E-state index in [0.717, 1.165) is 13.1 Å². The summed E-state index contributed by atoms with van der Waals surface area (Å²) >= 11 is 0. The number of hydrogen-bond acceptors (Lipinski definition) is 2. The van der Waals surface area contributed by atoms with Crippen LogP contribution >= 0.6 is 0 Å². The lowest BCUT2D eigenvalue weighted by molar-refractivity contribution is 0.475. The Kier molecular flexibility index (Phi) is 3.66. The van der Waals surface area contributed by atoms with Crippen LogP contribution in [0.4, 0.5) is 5.69 Å². The average Bonchev–Trinajstić information content (AvgIpc) is 2.39. The van der Waals surface area contributed by atoms with Crippen LogP contribution in [0.5, 0.6) is 5.75 Å². The highest BCUT2D eigenvalue weighted by Gasteiger charge is 2.04. The molecule has 0 atom stereocenters. The molecule has 0 radical (unpaired) electrons. The highest BCUT2D eigenvalue weighted by atomic mass is 16.3. The first-order valence-electron chi connectivity index (χ1n) is 5.87. The van der Waals surface area contributed by atoms with Crippen molar-refractivity contribution in [3.8, 4) is 5.75 Å². The molecular weight excluding hydrogens is 210 g/mol. The summed E-state index contributed by atoms with van der Waals surface area (Å²) in [5, 5.41) is 9.25. The van der Waals surface area contributed by atoms with Gasteiger partial charge in [-0.15, -0.1) is 0 Å². The van der Waals surface area contributed by atoms with Gasteiger partial charge >= 0.3 is 0 Å². The monoisotopic (exact) mass is 227 g/mol. The van der Waals surface area contributed by atoms with Crippen LogP contribution in [0.1, 0.15) is 12.5 Å². The van der Waals surface area contributed by atoms with Crippen molar-refractivity contribution in [3.63, 3.8) is 0 Å². The Morgan fingerprint density at radius 2 is 1.59 bits per heavy atom. The molecule has 1 N–H and O–H groups in total. The SMILES string of the molecule is CCN(Cc1ccc(O)cc1)c1ccccc1. The lowest BCUT2D eigenvalue weighted by Crippen LogP contribution is -2.21. The standard InChI is InChI=1S/C15H17NO/c1-2-16(14-6-4-3-5-7-14)12-13-8-10-15(17)11-9-13/h3-11,17H,2,12H2,1H3. The number of aromatic hydroxyl groups is 1. The number of phenolic OH excluding ortho intramolecular Hbond substituents is 1. The van der Waals surface area contributed by atoms with Crippen molar-refractivity contribution in [2.24, 2.45) is 0 Å². The zero-order chi connectivity index (χ0) is 12.1. The first-order valence-corrected chi connectivity index (χ1v) is 5.87. The number of hydrogen-bond donors (Lipinski definition) is 1. The fraction of sp³-hybridized carbons (Fsp3) is 0.200. The van der Waals surface area contributed by atoms with Crippen LogP contribution in [0.3, 0.4) is 0 Å². The summed E-state index contributed by atoms with van der Waals surface area (Å²) < 4.78 is 0. The number of nitrogens with zero attached hydrogens (tertiary/aromatic N) is 1.